The highest BCUT2D eigenvalue weighted by molar-refractivity contribution is 14.1. The number of halogens is 3. The molecule has 1 atom stereocenters. The van der Waals surface area contributed by atoms with Crippen LogP contribution in [0.3, 0.4) is 0 Å². The van der Waals surface area contributed by atoms with Crippen molar-refractivity contribution in [1.82, 2.24) is 10.2 Å². The zero-order chi connectivity index (χ0) is 15.9. The van der Waals surface area contributed by atoms with Crippen LogP contribution >= 0.6 is 45.8 Å². The molecule has 4 nitrogen and oxygen atoms in total. The van der Waals surface area contributed by atoms with Gasteiger partial charge in [0.05, 0.1) is 13.2 Å². The van der Waals surface area contributed by atoms with Gasteiger partial charge in [-0.2, -0.15) is 0 Å². The molecule has 0 fully saturated rings. The van der Waals surface area contributed by atoms with E-state index in [9.17, 15) is 5.21 Å². The van der Waals surface area contributed by atoms with E-state index in [0.717, 1.165) is 21.6 Å². The fourth-order valence-electron chi connectivity index (χ4n) is 2.50. The number of benzene rings is 1. The summed E-state index contributed by atoms with van der Waals surface area (Å²) in [6.07, 6.45) is 5.36. The molecule has 1 unspecified atom stereocenters. The topological polar surface area (TPSA) is 41.3 Å². The van der Waals surface area contributed by atoms with Gasteiger partial charge in [0.15, 0.2) is 4.05 Å². The van der Waals surface area contributed by atoms with E-state index in [2.05, 4.69) is 27.9 Å². The molecular formula is C15H12Cl2IN3O. The van der Waals surface area contributed by atoms with E-state index in [1.54, 1.807) is 24.2 Å². The fourth-order valence-corrected chi connectivity index (χ4v) is 3.81. The SMILES string of the molecule is CNC1=[N+]([O-])C(I)C(c2ccccc2Cl)=C2C=C(Cl)C=CN21. The predicted octanol–water partition coefficient (Wildman–Crippen LogP) is 3.86. The van der Waals surface area contributed by atoms with E-state index in [4.69, 9.17) is 23.2 Å². The Hall–Kier alpha value is -1.18. The van der Waals surface area contributed by atoms with Gasteiger partial charge in [0, 0.05) is 21.2 Å². The summed E-state index contributed by atoms with van der Waals surface area (Å²) in [5, 5.41) is 16.7. The smallest absolute Gasteiger partial charge is 0.359 e. The second-order valence-electron chi connectivity index (χ2n) is 4.73. The molecule has 114 valence electrons. The molecule has 0 radical (unpaired) electrons. The van der Waals surface area contributed by atoms with Crippen molar-refractivity contribution < 1.29 is 4.74 Å². The summed E-state index contributed by atoms with van der Waals surface area (Å²) in [6.45, 7) is 0. The quantitative estimate of drug-likeness (QED) is 0.233. The number of hydroxylamine groups is 1. The van der Waals surface area contributed by atoms with Crippen LogP contribution in [0.15, 0.2) is 53.3 Å². The van der Waals surface area contributed by atoms with E-state index < -0.39 is 4.05 Å². The van der Waals surface area contributed by atoms with Crippen LogP contribution in [0.25, 0.3) is 5.57 Å². The second kappa shape index (κ2) is 6.14. The van der Waals surface area contributed by atoms with Crippen molar-refractivity contribution in [2.24, 2.45) is 0 Å². The number of nitrogens with one attached hydrogen (secondary N) is 1. The van der Waals surface area contributed by atoms with Crippen molar-refractivity contribution in [3.8, 4) is 0 Å². The number of guanidine groups is 1. The summed E-state index contributed by atoms with van der Waals surface area (Å²) in [5.74, 6) is 0.446. The molecule has 0 saturated carbocycles. The molecule has 2 aliphatic rings. The Morgan fingerprint density at radius 2 is 2.05 bits per heavy atom. The van der Waals surface area contributed by atoms with Crippen LogP contribution < -0.4 is 5.32 Å². The lowest BCUT2D eigenvalue weighted by Gasteiger charge is -2.34. The molecule has 1 N–H and O–H groups in total. The van der Waals surface area contributed by atoms with Crippen molar-refractivity contribution >= 4 is 57.3 Å². The van der Waals surface area contributed by atoms with Crippen LogP contribution in [0, 0.1) is 5.21 Å². The first kappa shape index (κ1) is 15.7. The number of allylic oxidation sites excluding steroid dienone is 3. The van der Waals surface area contributed by atoms with Crippen LogP contribution in [-0.2, 0) is 0 Å². The van der Waals surface area contributed by atoms with Gasteiger partial charge < -0.3 is 5.21 Å². The maximum atomic E-state index is 12.6. The van der Waals surface area contributed by atoms with Gasteiger partial charge >= 0.3 is 5.96 Å². The minimum atomic E-state index is -0.418. The van der Waals surface area contributed by atoms with Crippen LogP contribution in [0.1, 0.15) is 5.56 Å². The molecule has 22 heavy (non-hydrogen) atoms. The van der Waals surface area contributed by atoms with E-state index in [1.807, 2.05) is 30.3 Å². The molecule has 7 heteroatoms. The summed E-state index contributed by atoms with van der Waals surface area (Å²) in [7, 11) is 1.72. The van der Waals surface area contributed by atoms with Crippen molar-refractivity contribution in [2.45, 2.75) is 4.05 Å². The lowest BCUT2D eigenvalue weighted by atomic mass is 10.0. The lowest BCUT2D eigenvalue weighted by molar-refractivity contribution is -0.461. The highest BCUT2D eigenvalue weighted by atomic mass is 127. The third-order valence-electron chi connectivity index (χ3n) is 3.46. The number of rotatable bonds is 1. The van der Waals surface area contributed by atoms with Gasteiger partial charge in [0.25, 0.3) is 0 Å². The zero-order valence-electron chi connectivity index (χ0n) is 11.6. The van der Waals surface area contributed by atoms with Crippen molar-refractivity contribution in [1.29, 1.82) is 0 Å². The van der Waals surface area contributed by atoms with Crippen molar-refractivity contribution in [2.75, 3.05) is 7.05 Å². The Morgan fingerprint density at radius 3 is 2.73 bits per heavy atom. The fraction of sp³-hybridized carbons (Fsp3) is 0.133. The van der Waals surface area contributed by atoms with Gasteiger partial charge in [0.2, 0.25) is 0 Å². The molecule has 0 spiro atoms. The van der Waals surface area contributed by atoms with Crippen molar-refractivity contribution in [3.05, 3.63) is 69.1 Å². The van der Waals surface area contributed by atoms with Gasteiger partial charge in [-0.25, -0.2) is 4.90 Å². The minimum Gasteiger partial charge on any atom is -0.743 e. The van der Waals surface area contributed by atoms with Crippen LogP contribution in [0.5, 0.6) is 0 Å². The summed E-state index contributed by atoms with van der Waals surface area (Å²) in [4.78, 5) is 1.78. The summed E-state index contributed by atoms with van der Waals surface area (Å²) >= 11 is 14.6. The highest BCUT2D eigenvalue weighted by Gasteiger charge is 2.36. The zero-order valence-corrected chi connectivity index (χ0v) is 15.2. The molecule has 0 amide bonds. The maximum absolute atomic E-state index is 12.6. The second-order valence-corrected chi connectivity index (χ2v) is 6.75. The third kappa shape index (κ3) is 2.51. The number of nitrogens with zero attached hydrogens (tertiary/aromatic N) is 2. The van der Waals surface area contributed by atoms with E-state index in [0.29, 0.717) is 16.0 Å². The van der Waals surface area contributed by atoms with Gasteiger partial charge in [0.1, 0.15) is 5.70 Å². The van der Waals surface area contributed by atoms with Gasteiger partial charge in [-0.05, 0) is 40.8 Å². The molecule has 1 aromatic carbocycles. The molecule has 2 heterocycles. The molecule has 0 aromatic heterocycles. The summed E-state index contributed by atoms with van der Waals surface area (Å²) in [6, 6.07) is 7.49. The maximum Gasteiger partial charge on any atom is 0.359 e. The van der Waals surface area contributed by atoms with Gasteiger partial charge in [-0.3, -0.25) is 10.1 Å². The first-order valence-electron chi connectivity index (χ1n) is 6.53. The number of fused-ring (bicyclic) bond motifs is 1. The standard InChI is InChI=1S/C15H12Cl2IN3O/c1-19-15-20-7-6-9(16)8-12(20)13(14(18)21(15)22)10-4-2-3-5-11(10)17/h2-8,14,19H,1H3. The third-order valence-corrected chi connectivity index (χ3v) is 5.16. The number of alkyl halides is 1. The largest absolute Gasteiger partial charge is 0.743 e. The monoisotopic (exact) mass is 447 g/mol. The Kier molecular flexibility index (Phi) is 4.38. The van der Waals surface area contributed by atoms with E-state index >= 15 is 0 Å². The minimum absolute atomic E-state index is 0.418. The first-order chi connectivity index (χ1) is 10.5. The van der Waals surface area contributed by atoms with Crippen LogP contribution in [-0.4, -0.2) is 26.7 Å². The molecule has 3 rings (SSSR count). The van der Waals surface area contributed by atoms with E-state index in [1.165, 1.54) is 0 Å². The first-order valence-corrected chi connectivity index (χ1v) is 8.53. The molecule has 1 aromatic rings. The van der Waals surface area contributed by atoms with Crippen LogP contribution in [0.4, 0.5) is 0 Å². The van der Waals surface area contributed by atoms with E-state index in [-0.39, 0.29) is 0 Å². The molecule has 2 aliphatic heterocycles. The summed E-state index contributed by atoms with van der Waals surface area (Å²) in [5.41, 5.74) is 2.51. The van der Waals surface area contributed by atoms with Gasteiger partial charge in [-0.15, -0.1) is 0 Å². The highest BCUT2D eigenvalue weighted by Crippen LogP contribution is 2.39. The molecule has 0 aliphatic carbocycles. The van der Waals surface area contributed by atoms with Crippen molar-refractivity contribution in [3.63, 3.8) is 0 Å². The Labute approximate surface area is 152 Å². The average Bonchev–Trinajstić information content (AvgIpc) is 2.50. The number of hydrogen-bond acceptors (Lipinski definition) is 3. The normalized spacial score (nSPS) is 21.0. The molecule has 0 saturated heterocycles. The Balaban J connectivity index is 2.26. The average molecular weight is 448 g/mol. The predicted molar refractivity (Wildman–Crippen MR) is 98.8 cm³/mol. The molecule has 0 bridgehead atoms. The number of hydrogen-bond donors (Lipinski definition) is 1. The van der Waals surface area contributed by atoms with Gasteiger partial charge in [-0.1, -0.05) is 41.4 Å². The Bertz CT molecular complexity index is 755. The molecular weight excluding hydrogens is 436 g/mol. The van der Waals surface area contributed by atoms with Crippen LogP contribution in [0.2, 0.25) is 5.02 Å². The summed E-state index contributed by atoms with van der Waals surface area (Å²) < 4.78 is 0.513. The Morgan fingerprint density at radius 1 is 1.32 bits per heavy atom. The lowest BCUT2D eigenvalue weighted by Crippen LogP contribution is -2.47.